The second-order valence-electron chi connectivity index (χ2n) is 7.58. The van der Waals surface area contributed by atoms with Gasteiger partial charge in [-0.2, -0.15) is 0 Å². The van der Waals surface area contributed by atoms with Crippen molar-refractivity contribution < 1.29 is 13.2 Å². The molecule has 0 saturated carbocycles. The van der Waals surface area contributed by atoms with Crippen molar-refractivity contribution in [3.63, 3.8) is 0 Å². The van der Waals surface area contributed by atoms with E-state index >= 15 is 0 Å². The summed E-state index contributed by atoms with van der Waals surface area (Å²) in [6.07, 6.45) is 2.70. The summed E-state index contributed by atoms with van der Waals surface area (Å²) >= 11 is 1.55. The lowest BCUT2D eigenvalue weighted by molar-refractivity contribution is 0.209. The maximum absolute atomic E-state index is 11.7. The Morgan fingerprint density at radius 3 is 2.57 bits per heavy atom. The first-order valence-corrected chi connectivity index (χ1v) is 12.8. The SMILES string of the molecule is CCS(=O)(=O)NC1CCN(CCc2ccc(Oc3nc4ccccc4s3)cc2)CC1. The Hall–Kier alpha value is -2.00. The Morgan fingerprint density at radius 1 is 1.13 bits per heavy atom. The molecule has 1 aliphatic heterocycles. The number of nitrogens with one attached hydrogen (secondary N) is 1. The fraction of sp³-hybridized carbons (Fsp3) is 0.409. The molecular formula is C22H27N3O3S2. The van der Waals surface area contributed by atoms with Crippen molar-refractivity contribution in [2.24, 2.45) is 0 Å². The minimum Gasteiger partial charge on any atom is -0.431 e. The number of thiazole rings is 1. The Labute approximate surface area is 181 Å². The number of ether oxygens (including phenoxy) is 1. The summed E-state index contributed by atoms with van der Waals surface area (Å²) in [5, 5.41) is 0.658. The standard InChI is InChI=1S/C22H27N3O3S2/c1-2-30(26,27)24-18-12-15-25(16-13-18)14-11-17-7-9-19(10-8-17)28-22-23-20-5-3-4-6-21(20)29-22/h3-10,18,24H,2,11-16H2,1H3. The number of aromatic nitrogens is 1. The van der Waals surface area contributed by atoms with Crippen molar-refractivity contribution in [1.82, 2.24) is 14.6 Å². The third-order valence-corrected chi connectivity index (χ3v) is 7.80. The smallest absolute Gasteiger partial charge is 0.279 e. The molecular weight excluding hydrogens is 418 g/mol. The van der Waals surface area contributed by atoms with Crippen molar-refractivity contribution in [1.29, 1.82) is 0 Å². The first-order valence-electron chi connectivity index (χ1n) is 10.4. The van der Waals surface area contributed by atoms with Gasteiger partial charge >= 0.3 is 0 Å². The van der Waals surface area contributed by atoms with Crippen LogP contribution in [0.5, 0.6) is 10.9 Å². The second-order valence-corrected chi connectivity index (χ2v) is 10.6. The molecule has 2 aromatic carbocycles. The molecule has 1 fully saturated rings. The molecule has 0 unspecified atom stereocenters. The van der Waals surface area contributed by atoms with Crippen LogP contribution in [0.3, 0.4) is 0 Å². The summed E-state index contributed by atoms with van der Waals surface area (Å²) in [5.41, 5.74) is 2.22. The average molecular weight is 446 g/mol. The lowest BCUT2D eigenvalue weighted by Crippen LogP contribution is -2.45. The normalized spacial score (nSPS) is 16.2. The third kappa shape index (κ3) is 5.57. The van der Waals surface area contributed by atoms with Crippen LogP contribution in [-0.2, 0) is 16.4 Å². The van der Waals surface area contributed by atoms with Crippen LogP contribution in [-0.4, -0.2) is 49.7 Å². The molecule has 160 valence electrons. The first kappa shape index (κ1) is 21.2. The molecule has 6 nitrogen and oxygen atoms in total. The number of nitrogens with zero attached hydrogens (tertiary/aromatic N) is 2. The van der Waals surface area contributed by atoms with Gasteiger partial charge in [-0.25, -0.2) is 18.1 Å². The summed E-state index contributed by atoms with van der Waals surface area (Å²) in [5.74, 6) is 0.938. The summed E-state index contributed by atoms with van der Waals surface area (Å²) < 4.78 is 33.3. The molecule has 0 radical (unpaired) electrons. The fourth-order valence-electron chi connectivity index (χ4n) is 3.62. The highest BCUT2D eigenvalue weighted by molar-refractivity contribution is 7.89. The Kier molecular flexibility index (Phi) is 6.67. The maximum Gasteiger partial charge on any atom is 0.279 e. The molecule has 0 amide bonds. The van der Waals surface area contributed by atoms with Crippen molar-refractivity contribution in [3.05, 3.63) is 54.1 Å². The highest BCUT2D eigenvalue weighted by Crippen LogP contribution is 2.31. The monoisotopic (exact) mass is 445 g/mol. The third-order valence-electron chi connectivity index (χ3n) is 5.43. The molecule has 2 heterocycles. The van der Waals surface area contributed by atoms with E-state index in [2.05, 4.69) is 26.7 Å². The minimum absolute atomic E-state index is 0.0742. The maximum atomic E-state index is 11.7. The van der Waals surface area contributed by atoms with Crippen molar-refractivity contribution in [3.8, 4) is 10.9 Å². The molecule has 1 saturated heterocycles. The van der Waals surface area contributed by atoms with E-state index in [1.807, 2.05) is 36.4 Å². The van der Waals surface area contributed by atoms with Crippen molar-refractivity contribution >= 4 is 31.6 Å². The van der Waals surface area contributed by atoms with E-state index in [1.54, 1.807) is 18.3 Å². The van der Waals surface area contributed by atoms with Crippen molar-refractivity contribution in [2.45, 2.75) is 32.2 Å². The lowest BCUT2D eigenvalue weighted by Gasteiger charge is -2.32. The average Bonchev–Trinajstić information content (AvgIpc) is 3.16. The molecule has 0 atom stereocenters. The summed E-state index contributed by atoms with van der Waals surface area (Å²) in [6.45, 7) is 4.50. The molecule has 0 spiro atoms. The molecule has 1 N–H and O–H groups in total. The van der Waals surface area contributed by atoms with Crippen LogP contribution in [0.4, 0.5) is 0 Å². The van der Waals surface area contributed by atoms with Gasteiger partial charge in [-0.05, 0) is 69.1 Å². The number of fused-ring (bicyclic) bond motifs is 1. The number of rotatable bonds is 8. The topological polar surface area (TPSA) is 71.5 Å². The number of piperidine rings is 1. The second kappa shape index (κ2) is 9.43. The minimum atomic E-state index is -3.11. The molecule has 1 aromatic heterocycles. The number of benzene rings is 2. The van der Waals surface area contributed by atoms with E-state index in [9.17, 15) is 8.42 Å². The van der Waals surface area contributed by atoms with Gasteiger partial charge in [0.2, 0.25) is 10.0 Å². The number of likely N-dealkylation sites (tertiary alicyclic amines) is 1. The molecule has 30 heavy (non-hydrogen) atoms. The molecule has 1 aliphatic rings. The summed E-state index contributed by atoms with van der Waals surface area (Å²) in [6, 6.07) is 16.3. The lowest BCUT2D eigenvalue weighted by atomic mass is 10.1. The van der Waals surface area contributed by atoms with E-state index in [1.165, 1.54) is 5.56 Å². The van der Waals surface area contributed by atoms with Crippen LogP contribution in [0.1, 0.15) is 25.3 Å². The largest absolute Gasteiger partial charge is 0.431 e. The van der Waals surface area contributed by atoms with E-state index in [0.717, 1.165) is 54.9 Å². The van der Waals surface area contributed by atoms with Gasteiger partial charge in [0.15, 0.2) is 0 Å². The van der Waals surface area contributed by atoms with E-state index in [-0.39, 0.29) is 11.8 Å². The number of hydrogen-bond donors (Lipinski definition) is 1. The number of para-hydroxylation sites is 1. The number of hydrogen-bond acceptors (Lipinski definition) is 6. The molecule has 4 rings (SSSR count). The Morgan fingerprint density at radius 2 is 1.87 bits per heavy atom. The van der Waals surface area contributed by atoms with Crippen LogP contribution in [0, 0.1) is 0 Å². The fourth-order valence-corrected chi connectivity index (χ4v) is 5.36. The highest BCUT2D eigenvalue weighted by Gasteiger charge is 2.22. The van der Waals surface area contributed by atoms with Crippen LogP contribution in [0.2, 0.25) is 0 Å². The van der Waals surface area contributed by atoms with Crippen LogP contribution < -0.4 is 9.46 Å². The molecule has 0 aliphatic carbocycles. The Balaban J connectivity index is 1.24. The predicted octanol–water partition coefficient (Wildman–Crippen LogP) is 4.03. The van der Waals surface area contributed by atoms with E-state index in [4.69, 9.17) is 4.74 Å². The van der Waals surface area contributed by atoms with Gasteiger partial charge in [-0.3, -0.25) is 0 Å². The quantitative estimate of drug-likeness (QED) is 0.567. The van der Waals surface area contributed by atoms with Gasteiger partial charge in [0.05, 0.1) is 16.0 Å². The van der Waals surface area contributed by atoms with Gasteiger partial charge in [-0.1, -0.05) is 35.6 Å². The molecule has 0 bridgehead atoms. The summed E-state index contributed by atoms with van der Waals surface area (Å²) in [4.78, 5) is 6.91. The molecule has 8 heteroatoms. The van der Waals surface area contributed by atoms with E-state index in [0.29, 0.717) is 5.19 Å². The van der Waals surface area contributed by atoms with Gasteiger partial charge < -0.3 is 9.64 Å². The first-order chi connectivity index (χ1) is 14.5. The van der Waals surface area contributed by atoms with Crippen molar-refractivity contribution in [2.75, 3.05) is 25.4 Å². The van der Waals surface area contributed by atoms with Gasteiger partial charge in [-0.15, -0.1) is 0 Å². The van der Waals surface area contributed by atoms with Crippen LogP contribution in [0.25, 0.3) is 10.2 Å². The zero-order valence-corrected chi connectivity index (χ0v) is 18.7. The summed E-state index contributed by atoms with van der Waals surface area (Å²) in [7, 11) is -3.11. The van der Waals surface area contributed by atoms with Crippen LogP contribution >= 0.6 is 11.3 Å². The van der Waals surface area contributed by atoms with Gasteiger partial charge in [0, 0.05) is 12.6 Å². The van der Waals surface area contributed by atoms with Crippen LogP contribution in [0.15, 0.2) is 48.5 Å². The molecule has 3 aromatic rings. The van der Waals surface area contributed by atoms with Gasteiger partial charge in [0.1, 0.15) is 5.75 Å². The number of sulfonamides is 1. The predicted molar refractivity (Wildman–Crippen MR) is 122 cm³/mol. The van der Waals surface area contributed by atoms with Gasteiger partial charge in [0.25, 0.3) is 5.19 Å². The van der Waals surface area contributed by atoms with E-state index < -0.39 is 10.0 Å². The Bertz CT molecular complexity index is 1040. The highest BCUT2D eigenvalue weighted by atomic mass is 32.2. The zero-order valence-electron chi connectivity index (χ0n) is 17.1. The zero-order chi connectivity index (χ0) is 21.0.